The highest BCUT2D eigenvalue weighted by Crippen LogP contribution is 2.29. The van der Waals surface area contributed by atoms with Gasteiger partial charge in [-0.1, -0.05) is 25.1 Å². The van der Waals surface area contributed by atoms with E-state index < -0.39 is 0 Å². The zero-order valence-corrected chi connectivity index (χ0v) is 9.16. The number of urea groups is 1. The predicted octanol–water partition coefficient (Wildman–Crippen LogP) is 2.02. The lowest BCUT2D eigenvalue weighted by Crippen LogP contribution is -2.43. The number of para-hydroxylation sites is 1. The van der Waals surface area contributed by atoms with Gasteiger partial charge >= 0.3 is 6.03 Å². The molecule has 0 saturated heterocycles. The number of hydrogen-bond donors (Lipinski definition) is 1. The van der Waals surface area contributed by atoms with E-state index in [1.807, 2.05) is 23.1 Å². The molecule has 15 heavy (non-hydrogen) atoms. The summed E-state index contributed by atoms with van der Waals surface area (Å²) in [5.74, 6) is 0.525. The van der Waals surface area contributed by atoms with Crippen molar-refractivity contribution < 1.29 is 4.79 Å². The van der Waals surface area contributed by atoms with Crippen molar-refractivity contribution in [3.05, 3.63) is 29.8 Å². The standard InChI is InChI=1S/C12H16N2O/c1-9-7-10-5-3-4-6-11(10)14(8-9)12(15)13-2/h3-6,9H,7-8H2,1-2H3,(H,13,15). The maximum Gasteiger partial charge on any atom is 0.321 e. The summed E-state index contributed by atoms with van der Waals surface area (Å²) < 4.78 is 0. The zero-order valence-electron chi connectivity index (χ0n) is 9.16. The summed E-state index contributed by atoms with van der Waals surface area (Å²) in [6.45, 7) is 2.97. The van der Waals surface area contributed by atoms with Crippen LogP contribution in [0.4, 0.5) is 10.5 Å². The number of nitrogens with one attached hydrogen (secondary N) is 1. The molecule has 0 aromatic heterocycles. The van der Waals surface area contributed by atoms with Crippen LogP contribution in [-0.4, -0.2) is 19.6 Å². The molecule has 2 rings (SSSR count). The molecule has 0 spiro atoms. The summed E-state index contributed by atoms with van der Waals surface area (Å²) >= 11 is 0. The number of benzene rings is 1. The highest BCUT2D eigenvalue weighted by Gasteiger charge is 2.24. The largest absolute Gasteiger partial charge is 0.341 e. The number of anilines is 1. The molecule has 2 amide bonds. The first kappa shape index (κ1) is 10.0. The highest BCUT2D eigenvalue weighted by molar-refractivity contribution is 5.93. The van der Waals surface area contributed by atoms with Crippen molar-refractivity contribution >= 4 is 11.7 Å². The molecule has 1 aromatic rings. The third kappa shape index (κ3) is 1.82. The normalized spacial score (nSPS) is 19.6. The molecule has 1 unspecified atom stereocenters. The summed E-state index contributed by atoms with van der Waals surface area (Å²) in [4.78, 5) is 13.5. The second-order valence-electron chi connectivity index (χ2n) is 4.10. The van der Waals surface area contributed by atoms with Gasteiger partial charge in [0.1, 0.15) is 0 Å². The van der Waals surface area contributed by atoms with E-state index in [4.69, 9.17) is 0 Å². The molecule has 1 atom stereocenters. The molecule has 0 radical (unpaired) electrons. The molecule has 0 saturated carbocycles. The van der Waals surface area contributed by atoms with Crippen LogP contribution in [0, 0.1) is 5.92 Å². The zero-order chi connectivity index (χ0) is 10.8. The van der Waals surface area contributed by atoms with Crippen molar-refractivity contribution in [1.29, 1.82) is 0 Å². The molecule has 1 aromatic carbocycles. The first-order chi connectivity index (χ1) is 7.22. The molecule has 0 fully saturated rings. The maximum atomic E-state index is 11.7. The average Bonchev–Trinajstić information content (AvgIpc) is 2.26. The van der Waals surface area contributed by atoms with Gasteiger partial charge < -0.3 is 5.32 Å². The number of hydrogen-bond acceptors (Lipinski definition) is 1. The Labute approximate surface area is 90.1 Å². The summed E-state index contributed by atoms with van der Waals surface area (Å²) in [5, 5.41) is 2.68. The third-order valence-corrected chi connectivity index (χ3v) is 2.80. The van der Waals surface area contributed by atoms with Gasteiger partial charge in [-0.25, -0.2) is 4.79 Å². The minimum atomic E-state index is -0.0194. The molecule has 0 aliphatic carbocycles. The topological polar surface area (TPSA) is 32.3 Å². The summed E-state index contributed by atoms with van der Waals surface area (Å²) in [6, 6.07) is 8.09. The Morgan fingerprint density at radius 2 is 2.20 bits per heavy atom. The van der Waals surface area contributed by atoms with Crippen LogP contribution in [0.1, 0.15) is 12.5 Å². The van der Waals surface area contributed by atoms with Crippen LogP contribution in [0.5, 0.6) is 0 Å². The number of nitrogens with zero attached hydrogens (tertiary/aromatic N) is 1. The molecular formula is C12H16N2O. The van der Waals surface area contributed by atoms with Gasteiger partial charge in [0.05, 0.1) is 0 Å². The first-order valence-corrected chi connectivity index (χ1v) is 5.29. The van der Waals surface area contributed by atoms with E-state index in [-0.39, 0.29) is 6.03 Å². The van der Waals surface area contributed by atoms with Crippen LogP contribution in [0.25, 0.3) is 0 Å². The lowest BCUT2D eigenvalue weighted by Gasteiger charge is -2.32. The van der Waals surface area contributed by atoms with E-state index in [1.165, 1.54) is 5.56 Å². The lowest BCUT2D eigenvalue weighted by molar-refractivity contribution is 0.246. The van der Waals surface area contributed by atoms with E-state index in [9.17, 15) is 4.79 Å². The molecule has 1 N–H and O–H groups in total. The molecule has 0 bridgehead atoms. The van der Waals surface area contributed by atoms with Crippen LogP contribution >= 0.6 is 0 Å². The van der Waals surface area contributed by atoms with Crippen LogP contribution in [0.15, 0.2) is 24.3 Å². The highest BCUT2D eigenvalue weighted by atomic mass is 16.2. The van der Waals surface area contributed by atoms with E-state index in [0.717, 1.165) is 18.7 Å². The van der Waals surface area contributed by atoms with Crippen molar-refractivity contribution in [1.82, 2.24) is 5.32 Å². The van der Waals surface area contributed by atoms with Crippen molar-refractivity contribution in [2.75, 3.05) is 18.5 Å². The first-order valence-electron chi connectivity index (χ1n) is 5.29. The number of fused-ring (bicyclic) bond motifs is 1. The second-order valence-corrected chi connectivity index (χ2v) is 4.10. The molecule has 1 aliphatic heterocycles. The van der Waals surface area contributed by atoms with Crippen LogP contribution in [0.2, 0.25) is 0 Å². The Morgan fingerprint density at radius 1 is 1.47 bits per heavy atom. The van der Waals surface area contributed by atoms with E-state index in [0.29, 0.717) is 5.92 Å². The SMILES string of the molecule is CNC(=O)N1CC(C)Cc2ccccc21. The van der Waals surface area contributed by atoms with Crippen LogP contribution in [0.3, 0.4) is 0 Å². The molecule has 3 nitrogen and oxygen atoms in total. The minimum absolute atomic E-state index is 0.0194. The summed E-state index contributed by atoms with van der Waals surface area (Å²) in [5.41, 5.74) is 2.31. The van der Waals surface area contributed by atoms with Crippen molar-refractivity contribution in [3.63, 3.8) is 0 Å². The predicted molar refractivity (Wildman–Crippen MR) is 61.1 cm³/mol. The van der Waals surface area contributed by atoms with Crippen LogP contribution < -0.4 is 10.2 Å². The van der Waals surface area contributed by atoms with Gasteiger partial charge in [0.15, 0.2) is 0 Å². The molecule has 1 heterocycles. The Balaban J connectivity index is 2.38. The Morgan fingerprint density at radius 3 is 2.93 bits per heavy atom. The number of carbonyl (C=O) groups is 1. The maximum absolute atomic E-state index is 11.7. The molecule has 3 heteroatoms. The summed E-state index contributed by atoms with van der Waals surface area (Å²) in [6.07, 6.45) is 1.06. The Bertz CT molecular complexity index is 376. The van der Waals surface area contributed by atoms with E-state index in [1.54, 1.807) is 7.05 Å². The fourth-order valence-electron chi connectivity index (χ4n) is 2.12. The Kier molecular flexibility index (Phi) is 2.62. The van der Waals surface area contributed by atoms with Crippen molar-refractivity contribution in [2.24, 2.45) is 5.92 Å². The van der Waals surface area contributed by atoms with Gasteiger partial charge in [0.25, 0.3) is 0 Å². The second kappa shape index (κ2) is 3.93. The van der Waals surface area contributed by atoms with E-state index >= 15 is 0 Å². The molecule has 1 aliphatic rings. The van der Waals surface area contributed by atoms with Gasteiger partial charge in [-0.2, -0.15) is 0 Å². The van der Waals surface area contributed by atoms with Crippen molar-refractivity contribution in [2.45, 2.75) is 13.3 Å². The van der Waals surface area contributed by atoms with Crippen LogP contribution in [-0.2, 0) is 6.42 Å². The van der Waals surface area contributed by atoms with Gasteiger partial charge in [-0.05, 0) is 24.0 Å². The van der Waals surface area contributed by atoms with Gasteiger partial charge in [-0.3, -0.25) is 4.90 Å². The van der Waals surface area contributed by atoms with Gasteiger partial charge in [0.2, 0.25) is 0 Å². The number of carbonyl (C=O) groups excluding carboxylic acids is 1. The fraction of sp³-hybridized carbons (Fsp3) is 0.417. The smallest absolute Gasteiger partial charge is 0.321 e. The quantitative estimate of drug-likeness (QED) is 0.689. The number of rotatable bonds is 0. The fourth-order valence-corrected chi connectivity index (χ4v) is 2.12. The Hall–Kier alpha value is -1.51. The third-order valence-electron chi connectivity index (χ3n) is 2.80. The number of amides is 2. The average molecular weight is 204 g/mol. The summed E-state index contributed by atoms with van der Waals surface area (Å²) in [7, 11) is 1.67. The van der Waals surface area contributed by atoms with Gasteiger partial charge in [-0.15, -0.1) is 0 Å². The minimum Gasteiger partial charge on any atom is -0.341 e. The molecular weight excluding hydrogens is 188 g/mol. The van der Waals surface area contributed by atoms with Gasteiger partial charge in [0, 0.05) is 19.3 Å². The molecule has 80 valence electrons. The van der Waals surface area contributed by atoms with E-state index in [2.05, 4.69) is 18.3 Å². The van der Waals surface area contributed by atoms with Crippen molar-refractivity contribution in [3.8, 4) is 0 Å². The lowest BCUT2D eigenvalue weighted by atomic mass is 9.94. The monoisotopic (exact) mass is 204 g/mol.